The molecule has 4 N–H and O–H groups in total. The van der Waals surface area contributed by atoms with E-state index in [-0.39, 0.29) is 17.8 Å². The molecule has 8 heteroatoms. The number of halogens is 1. The Kier molecular flexibility index (Phi) is 6.32. The van der Waals surface area contributed by atoms with Gasteiger partial charge in [0.2, 0.25) is 5.79 Å². The molecule has 0 unspecified atom stereocenters. The Hall–Kier alpha value is -0.930. The topological polar surface area (TPSA) is 109 Å². The Morgan fingerprint density at radius 2 is 1.70 bits per heavy atom. The second-order valence-electron chi connectivity index (χ2n) is 7.34. The van der Waals surface area contributed by atoms with Gasteiger partial charge in [0.05, 0.1) is 23.3 Å². The third-order valence-corrected chi connectivity index (χ3v) is 5.83. The van der Waals surface area contributed by atoms with Gasteiger partial charge >= 0.3 is 0 Å². The highest BCUT2D eigenvalue weighted by Crippen LogP contribution is 2.39. The van der Waals surface area contributed by atoms with E-state index in [2.05, 4.69) is 0 Å². The van der Waals surface area contributed by atoms with E-state index in [9.17, 15) is 20.4 Å². The second-order valence-corrected chi connectivity index (χ2v) is 7.75. The van der Waals surface area contributed by atoms with E-state index in [1.54, 1.807) is 13.2 Å². The molecule has 1 aliphatic heterocycles. The van der Waals surface area contributed by atoms with Crippen LogP contribution in [0.25, 0.3) is 0 Å². The summed E-state index contributed by atoms with van der Waals surface area (Å²) in [7, 11) is 1.70. The fourth-order valence-electron chi connectivity index (χ4n) is 3.74. The predicted molar refractivity (Wildman–Crippen MR) is 97.6 cm³/mol. The van der Waals surface area contributed by atoms with Gasteiger partial charge in [0.1, 0.15) is 24.1 Å². The molecule has 152 valence electrons. The number of ether oxygens (including phenoxy) is 3. The maximum Gasteiger partial charge on any atom is 0.222 e. The average Bonchev–Trinajstić information content (AvgIpc) is 2.67. The molecule has 2 fully saturated rings. The summed E-state index contributed by atoms with van der Waals surface area (Å²) in [5.41, 5.74) is 0.192. The zero-order valence-electron chi connectivity index (χ0n) is 15.4. The summed E-state index contributed by atoms with van der Waals surface area (Å²) in [4.78, 5) is 0. The van der Waals surface area contributed by atoms with Gasteiger partial charge in [-0.25, -0.2) is 0 Å². The van der Waals surface area contributed by atoms with Crippen molar-refractivity contribution in [1.29, 1.82) is 0 Å². The molecule has 27 heavy (non-hydrogen) atoms. The van der Waals surface area contributed by atoms with Crippen LogP contribution >= 0.6 is 11.6 Å². The van der Waals surface area contributed by atoms with Crippen LogP contribution in [0, 0.1) is 0 Å². The first-order valence-corrected chi connectivity index (χ1v) is 9.58. The normalized spacial score (nSPS) is 40.0. The molecule has 0 aromatic heterocycles. The smallest absolute Gasteiger partial charge is 0.222 e. The highest BCUT2D eigenvalue weighted by molar-refractivity contribution is 6.32. The summed E-state index contributed by atoms with van der Waals surface area (Å²) in [6.07, 6.45) is -1.81. The van der Waals surface area contributed by atoms with Crippen molar-refractivity contribution in [2.75, 3.05) is 7.11 Å². The van der Waals surface area contributed by atoms with Gasteiger partial charge in [0.15, 0.2) is 0 Å². The van der Waals surface area contributed by atoms with Crippen LogP contribution in [0.2, 0.25) is 5.02 Å². The van der Waals surface area contributed by atoms with Crippen molar-refractivity contribution in [2.24, 2.45) is 0 Å². The molecule has 1 heterocycles. The van der Waals surface area contributed by atoms with Crippen LogP contribution in [0.15, 0.2) is 18.2 Å². The molecule has 5 atom stereocenters. The largest absolute Gasteiger partial charge is 0.489 e. The van der Waals surface area contributed by atoms with Crippen LogP contribution < -0.4 is 4.74 Å². The van der Waals surface area contributed by atoms with Crippen LogP contribution in [-0.4, -0.2) is 64.2 Å². The first-order chi connectivity index (χ1) is 12.8. The second kappa shape index (κ2) is 8.21. The quantitative estimate of drug-likeness (QED) is 0.601. The minimum Gasteiger partial charge on any atom is -0.489 e. The standard InChI is InChI=1S/C19H27ClO7/c1-10-16(21)17(22)18(23)19(24,27-10)11-3-8-14(20)15(9-11)26-13-6-4-12(25-2)5-7-13/h3,8-10,12-13,16-18,21-24H,4-7H2,1-2H3/t10-,12?,13?,16-,17+,18-,19-/m1/s1. The van der Waals surface area contributed by atoms with Crippen molar-refractivity contribution < 1.29 is 34.6 Å². The van der Waals surface area contributed by atoms with E-state index in [1.807, 2.05) is 0 Å². The number of hydrogen-bond acceptors (Lipinski definition) is 7. The van der Waals surface area contributed by atoms with Gasteiger partial charge in [-0.05, 0) is 44.7 Å². The summed E-state index contributed by atoms with van der Waals surface area (Å²) < 4.78 is 16.8. The lowest BCUT2D eigenvalue weighted by molar-refractivity contribution is -0.351. The van der Waals surface area contributed by atoms with Crippen LogP contribution in [0.3, 0.4) is 0 Å². The van der Waals surface area contributed by atoms with Gasteiger partial charge in [-0.3, -0.25) is 0 Å². The predicted octanol–water partition coefficient (Wildman–Crippen LogP) is 1.32. The molecule has 1 saturated carbocycles. The SMILES string of the molecule is COC1CCC(Oc2cc([C@@]3(O)O[C@H](C)[C@@H](O)[C@H](O)[C@H]3O)ccc2Cl)CC1. The Labute approximate surface area is 163 Å². The summed E-state index contributed by atoms with van der Waals surface area (Å²) in [6.45, 7) is 1.51. The number of benzene rings is 1. The van der Waals surface area contributed by atoms with Crippen LogP contribution in [0.1, 0.15) is 38.2 Å². The number of aliphatic hydroxyl groups excluding tert-OH is 3. The molecule has 2 aliphatic rings. The van der Waals surface area contributed by atoms with Crippen LogP contribution in [0.4, 0.5) is 0 Å². The van der Waals surface area contributed by atoms with E-state index in [1.165, 1.54) is 19.1 Å². The summed E-state index contributed by atoms with van der Waals surface area (Å²) in [5, 5.41) is 41.5. The van der Waals surface area contributed by atoms with Crippen molar-refractivity contribution in [3.05, 3.63) is 28.8 Å². The van der Waals surface area contributed by atoms with Crippen molar-refractivity contribution in [3.63, 3.8) is 0 Å². The third kappa shape index (κ3) is 4.10. The van der Waals surface area contributed by atoms with Gasteiger partial charge < -0.3 is 34.6 Å². The summed E-state index contributed by atoms with van der Waals surface area (Å²) in [6, 6.07) is 4.55. The Morgan fingerprint density at radius 1 is 1.07 bits per heavy atom. The van der Waals surface area contributed by atoms with Gasteiger partial charge in [0.25, 0.3) is 0 Å². The van der Waals surface area contributed by atoms with Crippen molar-refractivity contribution >= 4 is 11.6 Å². The Morgan fingerprint density at radius 3 is 2.33 bits per heavy atom. The number of aliphatic hydroxyl groups is 4. The van der Waals surface area contributed by atoms with Crippen molar-refractivity contribution in [3.8, 4) is 5.75 Å². The minimum atomic E-state index is -2.19. The Bertz CT molecular complexity index is 649. The molecule has 0 radical (unpaired) electrons. The fraction of sp³-hybridized carbons (Fsp3) is 0.684. The molecule has 1 aliphatic carbocycles. The lowest BCUT2D eigenvalue weighted by Crippen LogP contribution is -2.62. The first-order valence-electron chi connectivity index (χ1n) is 9.20. The van der Waals surface area contributed by atoms with Gasteiger partial charge in [-0.15, -0.1) is 0 Å². The van der Waals surface area contributed by atoms with E-state index < -0.39 is 30.2 Å². The van der Waals surface area contributed by atoms with E-state index in [4.69, 9.17) is 25.8 Å². The monoisotopic (exact) mass is 402 g/mol. The molecular weight excluding hydrogens is 376 g/mol. The van der Waals surface area contributed by atoms with Gasteiger partial charge in [-0.2, -0.15) is 0 Å². The van der Waals surface area contributed by atoms with Crippen LogP contribution in [0.5, 0.6) is 5.75 Å². The number of rotatable bonds is 4. The number of methoxy groups -OCH3 is 1. The molecule has 1 aromatic carbocycles. The average molecular weight is 403 g/mol. The zero-order chi connectivity index (χ0) is 19.8. The van der Waals surface area contributed by atoms with Gasteiger partial charge in [0, 0.05) is 12.7 Å². The summed E-state index contributed by atoms with van der Waals surface area (Å²) >= 11 is 6.25. The maximum absolute atomic E-state index is 10.9. The lowest BCUT2D eigenvalue weighted by Gasteiger charge is -2.45. The summed E-state index contributed by atoms with van der Waals surface area (Å²) in [5.74, 6) is -1.82. The zero-order valence-corrected chi connectivity index (χ0v) is 16.2. The molecule has 7 nitrogen and oxygen atoms in total. The van der Waals surface area contributed by atoms with Crippen LogP contribution in [-0.2, 0) is 15.3 Å². The highest BCUT2D eigenvalue weighted by Gasteiger charge is 2.52. The first kappa shape index (κ1) is 20.8. The molecular formula is C19H27ClO7. The Balaban J connectivity index is 1.80. The van der Waals surface area contributed by atoms with E-state index >= 15 is 0 Å². The van der Waals surface area contributed by atoms with E-state index in [0.29, 0.717) is 10.8 Å². The lowest BCUT2D eigenvalue weighted by atomic mass is 9.88. The molecule has 0 amide bonds. The van der Waals surface area contributed by atoms with Crippen molar-refractivity contribution in [1.82, 2.24) is 0 Å². The van der Waals surface area contributed by atoms with Gasteiger partial charge in [-0.1, -0.05) is 17.7 Å². The number of hydrogen-bond donors (Lipinski definition) is 4. The third-order valence-electron chi connectivity index (χ3n) is 5.51. The molecule has 0 bridgehead atoms. The fourth-order valence-corrected chi connectivity index (χ4v) is 3.90. The molecule has 1 aromatic rings. The van der Waals surface area contributed by atoms with Crippen molar-refractivity contribution in [2.45, 2.75) is 75.0 Å². The maximum atomic E-state index is 10.9. The highest BCUT2D eigenvalue weighted by atomic mass is 35.5. The molecule has 3 rings (SSSR count). The molecule has 0 spiro atoms. The molecule has 1 saturated heterocycles. The minimum absolute atomic E-state index is 0.0256. The van der Waals surface area contributed by atoms with E-state index in [0.717, 1.165) is 25.7 Å².